The predicted octanol–water partition coefficient (Wildman–Crippen LogP) is 0.639. The van der Waals surface area contributed by atoms with Crippen LogP contribution < -0.4 is 0 Å². The zero-order chi connectivity index (χ0) is 11.0. The van der Waals surface area contributed by atoms with E-state index in [2.05, 4.69) is 14.2 Å². The second-order valence-corrected chi connectivity index (χ2v) is 2.23. The minimum absolute atomic E-state index is 0.107. The number of methoxy groups -OCH3 is 1. The average Bonchev–Trinajstić information content (AvgIpc) is 2.15. The Morgan fingerprint density at radius 2 is 1.64 bits per heavy atom. The first kappa shape index (κ1) is 12.4. The number of carbonyl (C=O) groups is 3. The third kappa shape index (κ3) is 5.99. The molecule has 0 atom stereocenters. The highest BCUT2D eigenvalue weighted by Gasteiger charge is 2.12. The maximum atomic E-state index is 10.8. The summed E-state index contributed by atoms with van der Waals surface area (Å²) in [6, 6.07) is 0. The first-order valence-corrected chi connectivity index (χ1v) is 4.04. The lowest BCUT2D eigenvalue weighted by molar-refractivity contribution is -0.148. The van der Waals surface area contributed by atoms with E-state index in [0.29, 0.717) is 0 Å². The summed E-state index contributed by atoms with van der Waals surface area (Å²) in [6.45, 7) is 1.91. The molecule has 0 bridgehead atoms. The molecule has 0 unspecified atom stereocenters. The molecule has 80 valence electrons. The number of ether oxygens (including phenoxy) is 3. The third-order valence-electron chi connectivity index (χ3n) is 1.20. The van der Waals surface area contributed by atoms with Crippen LogP contribution in [0.25, 0.3) is 0 Å². The molecule has 6 heteroatoms. The summed E-state index contributed by atoms with van der Waals surface area (Å²) in [6.07, 6.45) is -1.39. The number of esters is 2. The van der Waals surface area contributed by atoms with Crippen molar-refractivity contribution in [2.45, 2.75) is 19.8 Å². The van der Waals surface area contributed by atoms with Crippen molar-refractivity contribution in [3.05, 3.63) is 0 Å². The Labute approximate surface area is 81.1 Å². The van der Waals surface area contributed by atoms with Gasteiger partial charge < -0.3 is 14.2 Å². The summed E-state index contributed by atoms with van der Waals surface area (Å²) >= 11 is 0. The third-order valence-corrected chi connectivity index (χ3v) is 1.20. The molecular formula is C8H12O6. The van der Waals surface area contributed by atoms with Crippen LogP contribution in [0.4, 0.5) is 4.79 Å². The smallest absolute Gasteiger partial charge is 0.466 e. The standard InChI is InChI=1S/C8H12O6/c1-3-13-6(9)4-5-7(10)14-8(11)12-2/h3-5H2,1-2H3. The fourth-order valence-electron chi connectivity index (χ4n) is 0.623. The largest absolute Gasteiger partial charge is 0.515 e. The van der Waals surface area contributed by atoms with Crippen LogP contribution in [0.5, 0.6) is 0 Å². The molecule has 0 aromatic rings. The molecule has 0 saturated carbocycles. The molecule has 0 spiro atoms. The second kappa shape index (κ2) is 6.88. The van der Waals surface area contributed by atoms with Crippen molar-refractivity contribution < 1.29 is 28.6 Å². The van der Waals surface area contributed by atoms with Gasteiger partial charge in [0.25, 0.3) is 0 Å². The van der Waals surface area contributed by atoms with Crippen LogP contribution in [0.2, 0.25) is 0 Å². The van der Waals surface area contributed by atoms with Gasteiger partial charge in [-0.05, 0) is 6.92 Å². The molecule has 0 N–H and O–H groups in total. The summed E-state index contributed by atoms with van der Waals surface area (Å²) < 4.78 is 12.8. The number of carbonyl (C=O) groups excluding carboxylic acids is 3. The maximum absolute atomic E-state index is 10.8. The Hall–Kier alpha value is -1.59. The molecule has 0 saturated heterocycles. The molecular weight excluding hydrogens is 192 g/mol. The lowest BCUT2D eigenvalue weighted by Crippen LogP contribution is -2.14. The van der Waals surface area contributed by atoms with Gasteiger partial charge in [-0.15, -0.1) is 0 Å². The van der Waals surface area contributed by atoms with Gasteiger partial charge in [0.05, 0.1) is 26.6 Å². The Morgan fingerprint density at radius 3 is 2.14 bits per heavy atom. The monoisotopic (exact) mass is 204 g/mol. The van der Waals surface area contributed by atoms with Crippen LogP contribution in [0.3, 0.4) is 0 Å². The SMILES string of the molecule is CCOC(=O)CCC(=O)OC(=O)OC. The van der Waals surface area contributed by atoms with E-state index < -0.39 is 18.1 Å². The Kier molecular flexibility index (Phi) is 6.09. The van der Waals surface area contributed by atoms with Gasteiger partial charge in [-0.3, -0.25) is 9.59 Å². The lowest BCUT2D eigenvalue weighted by Gasteiger charge is -2.01. The molecule has 0 aromatic carbocycles. The summed E-state index contributed by atoms with van der Waals surface area (Å²) in [5.41, 5.74) is 0. The van der Waals surface area contributed by atoms with E-state index in [1.165, 1.54) is 0 Å². The Bertz CT molecular complexity index is 222. The van der Waals surface area contributed by atoms with E-state index in [1.54, 1.807) is 6.92 Å². The van der Waals surface area contributed by atoms with Crippen LogP contribution >= 0.6 is 0 Å². The zero-order valence-corrected chi connectivity index (χ0v) is 8.07. The molecule has 0 radical (unpaired) electrons. The van der Waals surface area contributed by atoms with Gasteiger partial charge >= 0.3 is 18.1 Å². The zero-order valence-electron chi connectivity index (χ0n) is 8.07. The molecule has 0 aliphatic carbocycles. The first-order valence-electron chi connectivity index (χ1n) is 4.04. The highest BCUT2D eigenvalue weighted by atomic mass is 16.7. The van der Waals surface area contributed by atoms with E-state index in [9.17, 15) is 14.4 Å². The molecule has 0 amide bonds. The van der Waals surface area contributed by atoms with E-state index >= 15 is 0 Å². The van der Waals surface area contributed by atoms with Crippen molar-refractivity contribution in [3.8, 4) is 0 Å². The van der Waals surface area contributed by atoms with E-state index in [-0.39, 0.29) is 19.4 Å². The van der Waals surface area contributed by atoms with Crippen molar-refractivity contribution in [1.82, 2.24) is 0 Å². The fraction of sp³-hybridized carbons (Fsp3) is 0.625. The minimum Gasteiger partial charge on any atom is -0.466 e. The average molecular weight is 204 g/mol. The predicted molar refractivity (Wildman–Crippen MR) is 44.4 cm³/mol. The summed E-state index contributed by atoms with van der Waals surface area (Å²) in [4.78, 5) is 32.0. The van der Waals surface area contributed by atoms with Crippen LogP contribution in [-0.2, 0) is 23.8 Å². The van der Waals surface area contributed by atoms with Gasteiger partial charge in [-0.2, -0.15) is 0 Å². The molecule has 0 aliphatic rings. The maximum Gasteiger partial charge on any atom is 0.515 e. The topological polar surface area (TPSA) is 78.9 Å². The van der Waals surface area contributed by atoms with Gasteiger partial charge in [0.1, 0.15) is 0 Å². The normalized spacial score (nSPS) is 9.00. The highest BCUT2D eigenvalue weighted by Crippen LogP contribution is 1.96. The Morgan fingerprint density at radius 1 is 1.07 bits per heavy atom. The van der Waals surface area contributed by atoms with Crippen LogP contribution in [0.15, 0.2) is 0 Å². The van der Waals surface area contributed by atoms with E-state index in [0.717, 1.165) is 7.11 Å². The molecule has 0 aliphatic heterocycles. The molecule has 0 rings (SSSR count). The van der Waals surface area contributed by atoms with Gasteiger partial charge in [0.2, 0.25) is 0 Å². The van der Waals surface area contributed by atoms with E-state index in [4.69, 9.17) is 0 Å². The minimum atomic E-state index is -1.08. The van der Waals surface area contributed by atoms with Crippen LogP contribution in [0.1, 0.15) is 19.8 Å². The lowest BCUT2D eigenvalue weighted by atomic mass is 10.3. The Balaban J connectivity index is 3.63. The molecule has 6 nitrogen and oxygen atoms in total. The van der Waals surface area contributed by atoms with E-state index in [1.807, 2.05) is 0 Å². The van der Waals surface area contributed by atoms with Crippen molar-refractivity contribution in [1.29, 1.82) is 0 Å². The molecule has 0 fully saturated rings. The van der Waals surface area contributed by atoms with Crippen molar-refractivity contribution in [2.75, 3.05) is 13.7 Å². The van der Waals surface area contributed by atoms with Crippen LogP contribution in [-0.4, -0.2) is 31.8 Å². The van der Waals surface area contributed by atoms with Crippen molar-refractivity contribution >= 4 is 18.1 Å². The summed E-state index contributed by atoms with van der Waals surface area (Å²) in [7, 11) is 1.08. The highest BCUT2D eigenvalue weighted by molar-refractivity contribution is 5.84. The van der Waals surface area contributed by atoms with Crippen molar-refractivity contribution in [2.24, 2.45) is 0 Å². The molecule has 14 heavy (non-hydrogen) atoms. The first-order chi connectivity index (χ1) is 6.60. The van der Waals surface area contributed by atoms with Gasteiger partial charge in [0, 0.05) is 0 Å². The number of rotatable bonds is 4. The quantitative estimate of drug-likeness (QED) is 0.494. The fourth-order valence-corrected chi connectivity index (χ4v) is 0.623. The van der Waals surface area contributed by atoms with Gasteiger partial charge in [-0.1, -0.05) is 0 Å². The summed E-state index contributed by atoms with van der Waals surface area (Å²) in [5, 5.41) is 0. The summed E-state index contributed by atoms with van der Waals surface area (Å²) in [5.74, 6) is -1.32. The van der Waals surface area contributed by atoms with Crippen LogP contribution in [0, 0.1) is 0 Å². The number of hydrogen-bond acceptors (Lipinski definition) is 6. The van der Waals surface area contributed by atoms with Gasteiger partial charge in [-0.25, -0.2) is 4.79 Å². The van der Waals surface area contributed by atoms with Crippen molar-refractivity contribution in [3.63, 3.8) is 0 Å². The molecule has 0 aromatic heterocycles. The van der Waals surface area contributed by atoms with Gasteiger partial charge in [0.15, 0.2) is 0 Å². The number of hydrogen-bond donors (Lipinski definition) is 0. The molecule has 0 heterocycles. The second-order valence-electron chi connectivity index (χ2n) is 2.23.